The van der Waals surface area contributed by atoms with Crippen LogP contribution in [0.5, 0.6) is 0 Å². The van der Waals surface area contributed by atoms with Crippen LogP contribution in [0.25, 0.3) is 10.8 Å². The van der Waals surface area contributed by atoms with Gasteiger partial charge in [0.15, 0.2) is 0 Å². The maximum absolute atomic E-state index is 12.4. The molecule has 0 aliphatic heterocycles. The number of nitrogens with one attached hydrogen (secondary N) is 2. The molecule has 3 aromatic rings. The first-order chi connectivity index (χ1) is 12.5. The van der Waals surface area contributed by atoms with Crippen LogP contribution in [-0.4, -0.2) is 21.6 Å². The number of carbonyl (C=O) groups is 2. The van der Waals surface area contributed by atoms with Gasteiger partial charge in [0.05, 0.1) is 28.6 Å². The third-order valence-corrected chi connectivity index (χ3v) is 3.91. The van der Waals surface area contributed by atoms with Crippen molar-refractivity contribution in [3.63, 3.8) is 0 Å². The second-order valence-corrected chi connectivity index (χ2v) is 5.65. The van der Waals surface area contributed by atoms with Crippen LogP contribution in [0.15, 0.2) is 58.1 Å². The van der Waals surface area contributed by atoms with E-state index in [9.17, 15) is 19.2 Å². The molecular weight excluding hydrogens is 336 g/mol. The number of benzene rings is 2. The van der Waals surface area contributed by atoms with E-state index in [1.54, 1.807) is 42.5 Å². The number of aromatic nitrogens is 2. The number of amides is 2. The maximum Gasteiger partial charge on any atom is 0.273 e. The number of aromatic amines is 1. The quantitative estimate of drug-likeness (QED) is 0.628. The molecule has 0 saturated heterocycles. The molecule has 8 heteroatoms. The average Bonchev–Trinajstić information content (AvgIpc) is 2.64. The van der Waals surface area contributed by atoms with Gasteiger partial charge in [0.2, 0.25) is 5.91 Å². The number of hydrogen-bond acceptors (Lipinski definition) is 4. The molecule has 2 aromatic carbocycles. The van der Waals surface area contributed by atoms with Crippen molar-refractivity contribution in [1.29, 1.82) is 0 Å². The summed E-state index contributed by atoms with van der Waals surface area (Å²) in [7, 11) is 0. The Bertz CT molecular complexity index is 1110. The minimum Gasteiger partial charge on any atom is -0.366 e. The average molecular weight is 352 g/mol. The zero-order valence-corrected chi connectivity index (χ0v) is 13.7. The minimum absolute atomic E-state index is 0.0104. The molecule has 0 aliphatic rings. The van der Waals surface area contributed by atoms with E-state index in [1.807, 2.05) is 0 Å². The first-order valence-corrected chi connectivity index (χ1v) is 7.88. The van der Waals surface area contributed by atoms with E-state index in [0.717, 1.165) is 4.68 Å². The summed E-state index contributed by atoms with van der Waals surface area (Å²) < 4.78 is 1.10. The molecule has 0 saturated carbocycles. The summed E-state index contributed by atoms with van der Waals surface area (Å²) in [6, 6.07) is 12.8. The molecular formula is C18H16N4O4. The van der Waals surface area contributed by atoms with Crippen molar-refractivity contribution in [3.8, 4) is 0 Å². The number of aryl methyl sites for hydroxylation is 1. The van der Waals surface area contributed by atoms with E-state index in [-0.39, 0.29) is 29.5 Å². The number of anilines is 1. The first-order valence-electron chi connectivity index (χ1n) is 7.88. The fraction of sp³-hybridized carbons (Fsp3) is 0.111. The Hall–Kier alpha value is -3.68. The Morgan fingerprint density at radius 3 is 2.38 bits per heavy atom. The van der Waals surface area contributed by atoms with E-state index in [4.69, 9.17) is 5.73 Å². The fourth-order valence-electron chi connectivity index (χ4n) is 2.64. The fourth-order valence-corrected chi connectivity index (χ4v) is 2.64. The van der Waals surface area contributed by atoms with Crippen molar-refractivity contribution in [2.45, 2.75) is 13.0 Å². The lowest BCUT2D eigenvalue weighted by molar-refractivity contribution is -0.116. The molecule has 1 aromatic heterocycles. The van der Waals surface area contributed by atoms with Crippen LogP contribution in [0.2, 0.25) is 0 Å². The SMILES string of the molecule is NC(=O)c1ccccc1NC(=O)CCn1[nH]c(=O)c2ccccc2c1=O. The summed E-state index contributed by atoms with van der Waals surface area (Å²) in [6.07, 6.45) is -0.0682. The zero-order valence-electron chi connectivity index (χ0n) is 13.7. The number of fused-ring (bicyclic) bond motifs is 1. The van der Waals surface area contributed by atoms with E-state index in [0.29, 0.717) is 11.1 Å². The highest BCUT2D eigenvalue weighted by Gasteiger charge is 2.12. The molecule has 132 valence electrons. The monoisotopic (exact) mass is 352 g/mol. The molecule has 8 nitrogen and oxygen atoms in total. The molecule has 0 fully saturated rings. The summed E-state index contributed by atoms with van der Waals surface area (Å²) in [4.78, 5) is 48.0. The predicted molar refractivity (Wildman–Crippen MR) is 97.0 cm³/mol. The molecule has 0 unspecified atom stereocenters. The van der Waals surface area contributed by atoms with Crippen molar-refractivity contribution in [1.82, 2.24) is 9.78 Å². The van der Waals surface area contributed by atoms with Gasteiger partial charge < -0.3 is 11.1 Å². The summed E-state index contributed by atoms with van der Waals surface area (Å²) in [5.74, 6) is -1.07. The van der Waals surface area contributed by atoms with Gasteiger partial charge in [-0.1, -0.05) is 24.3 Å². The molecule has 3 rings (SSSR count). The molecule has 0 aliphatic carbocycles. The number of nitrogens with two attached hydrogens (primary N) is 1. The number of hydrogen-bond donors (Lipinski definition) is 3. The first kappa shape index (κ1) is 17.2. The van der Waals surface area contributed by atoms with E-state index in [1.165, 1.54) is 6.07 Å². The Morgan fingerprint density at radius 1 is 1.00 bits per heavy atom. The highest BCUT2D eigenvalue weighted by Crippen LogP contribution is 2.14. The topological polar surface area (TPSA) is 127 Å². The van der Waals surface area contributed by atoms with Gasteiger partial charge in [-0.25, -0.2) is 4.68 Å². The summed E-state index contributed by atoms with van der Waals surface area (Å²) in [5.41, 5.74) is 4.97. The third-order valence-electron chi connectivity index (χ3n) is 3.91. The smallest absolute Gasteiger partial charge is 0.273 e. The Morgan fingerprint density at radius 2 is 1.65 bits per heavy atom. The molecule has 1 heterocycles. The van der Waals surface area contributed by atoms with Gasteiger partial charge in [0.25, 0.3) is 17.0 Å². The van der Waals surface area contributed by atoms with Crippen LogP contribution in [0.4, 0.5) is 5.69 Å². The van der Waals surface area contributed by atoms with Crippen LogP contribution in [-0.2, 0) is 11.3 Å². The molecule has 4 N–H and O–H groups in total. The van der Waals surface area contributed by atoms with Gasteiger partial charge in [0, 0.05) is 6.42 Å². The highest BCUT2D eigenvalue weighted by molar-refractivity contribution is 6.02. The Labute approximate surface area is 147 Å². The van der Waals surface area contributed by atoms with E-state index < -0.39 is 17.4 Å². The Balaban J connectivity index is 1.78. The van der Waals surface area contributed by atoms with Crippen LogP contribution < -0.4 is 22.2 Å². The number of primary amides is 1. The summed E-state index contributed by atoms with van der Waals surface area (Å²) >= 11 is 0. The maximum atomic E-state index is 12.4. The predicted octanol–water partition coefficient (Wildman–Crippen LogP) is 0.817. The second kappa shape index (κ2) is 7.06. The molecule has 26 heavy (non-hydrogen) atoms. The summed E-state index contributed by atoms with van der Waals surface area (Å²) in [5, 5.41) is 5.64. The van der Waals surface area contributed by atoms with Crippen molar-refractivity contribution >= 4 is 28.3 Å². The van der Waals surface area contributed by atoms with E-state index in [2.05, 4.69) is 10.4 Å². The van der Waals surface area contributed by atoms with Crippen LogP contribution in [0.3, 0.4) is 0 Å². The molecule has 2 amide bonds. The van der Waals surface area contributed by atoms with Gasteiger partial charge in [-0.05, 0) is 24.3 Å². The molecule has 0 spiro atoms. The summed E-state index contributed by atoms with van der Waals surface area (Å²) in [6.45, 7) is -0.0104. The van der Waals surface area contributed by atoms with Crippen LogP contribution in [0.1, 0.15) is 16.8 Å². The normalized spacial score (nSPS) is 10.6. The standard InChI is InChI=1S/C18H16N4O4/c19-16(24)13-7-3-4-8-14(13)20-15(23)9-10-22-18(26)12-6-2-1-5-11(12)17(25)21-22/h1-8H,9-10H2,(H2,19,24)(H,20,23)(H,21,25). The number of H-pyrrole nitrogens is 1. The van der Waals surface area contributed by atoms with Gasteiger partial charge in [0.1, 0.15) is 0 Å². The highest BCUT2D eigenvalue weighted by atomic mass is 16.2. The molecule has 0 radical (unpaired) electrons. The van der Waals surface area contributed by atoms with Gasteiger partial charge >= 0.3 is 0 Å². The van der Waals surface area contributed by atoms with Gasteiger partial charge in [-0.3, -0.25) is 24.3 Å². The van der Waals surface area contributed by atoms with Crippen molar-refractivity contribution < 1.29 is 9.59 Å². The van der Waals surface area contributed by atoms with Gasteiger partial charge in [-0.15, -0.1) is 0 Å². The molecule has 0 atom stereocenters. The van der Waals surface area contributed by atoms with Crippen LogP contribution >= 0.6 is 0 Å². The largest absolute Gasteiger partial charge is 0.366 e. The lowest BCUT2D eigenvalue weighted by Gasteiger charge is -2.10. The lowest BCUT2D eigenvalue weighted by Crippen LogP contribution is -2.31. The molecule has 0 bridgehead atoms. The van der Waals surface area contributed by atoms with E-state index >= 15 is 0 Å². The van der Waals surface area contributed by atoms with Crippen molar-refractivity contribution in [3.05, 3.63) is 74.8 Å². The third kappa shape index (κ3) is 3.39. The Kier molecular flexibility index (Phi) is 4.66. The second-order valence-electron chi connectivity index (χ2n) is 5.65. The number of rotatable bonds is 5. The van der Waals surface area contributed by atoms with Gasteiger partial charge in [-0.2, -0.15) is 0 Å². The minimum atomic E-state index is -0.657. The zero-order chi connectivity index (χ0) is 18.7. The number of nitrogens with zero attached hydrogens (tertiary/aromatic N) is 1. The van der Waals surface area contributed by atoms with Crippen molar-refractivity contribution in [2.75, 3.05) is 5.32 Å². The number of carbonyl (C=O) groups excluding carboxylic acids is 2. The number of para-hydroxylation sites is 1. The van der Waals surface area contributed by atoms with Crippen molar-refractivity contribution in [2.24, 2.45) is 5.73 Å². The van der Waals surface area contributed by atoms with Crippen LogP contribution in [0, 0.1) is 0 Å². The lowest BCUT2D eigenvalue weighted by atomic mass is 10.1.